The van der Waals surface area contributed by atoms with Gasteiger partial charge in [0.25, 0.3) is 0 Å². The number of hydrogen-bond acceptors (Lipinski definition) is 2. The molecule has 1 heterocycles. The predicted octanol–water partition coefficient (Wildman–Crippen LogP) is 3.69. The van der Waals surface area contributed by atoms with Crippen LogP contribution in [0.2, 0.25) is 0 Å². The first-order valence-electron chi connectivity index (χ1n) is 6.55. The van der Waals surface area contributed by atoms with Crippen LogP contribution in [0.3, 0.4) is 0 Å². The van der Waals surface area contributed by atoms with Crippen molar-refractivity contribution in [3.8, 4) is 0 Å². The van der Waals surface area contributed by atoms with Gasteiger partial charge in [-0.15, -0.1) is 5.10 Å². The van der Waals surface area contributed by atoms with Crippen molar-refractivity contribution >= 4 is 0 Å². The van der Waals surface area contributed by atoms with Gasteiger partial charge in [-0.25, -0.2) is 4.68 Å². The summed E-state index contributed by atoms with van der Waals surface area (Å²) in [5.74, 6) is 0. The summed E-state index contributed by atoms with van der Waals surface area (Å²) >= 11 is 0. The highest BCUT2D eigenvalue weighted by Crippen LogP contribution is 2.22. The topological polar surface area (TPSA) is 30.7 Å². The fourth-order valence-electron chi connectivity index (χ4n) is 1.85. The van der Waals surface area contributed by atoms with E-state index in [1.54, 1.807) is 0 Å². The molecule has 0 spiro atoms. The second-order valence-corrected chi connectivity index (χ2v) is 7.36. The van der Waals surface area contributed by atoms with Crippen LogP contribution < -0.4 is 0 Å². The monoisotopic (exact) mass is 237 g/mol. The zero-order chi connectivity index (χ0) is 13.1. The lowest BCUT2D eigenvalue weighted by molar-refractivity contribution is 0.312. The van der Waals surface area contributed by atoms with Gasteiger partial charge in [-0.05, 0) is 30.1 Å². The Kier molecular flexibility index (Phi) is 4.34. The van der Waals surface area contributed by atoms with Crippen molar-refractivity contribution in [3.63, 3.8) is 0 Å². The molecule has 0 aliphatic carbocycles. The summed E-state index contributed by atoms with van der Waals surface area (Å²) in [5, 5.41) is 8.22. The molecule has 0 radical (unpaired) electrons. The normalized spacial score (nSPS) is 13.1. The highest BCUT2D eigenvalue weighted by atomic mass is 15.4. The molecule has 0 N–H and O–H groups in total. The molecule has 0 unspecified atom stereocenters. The number of aromatic nitrogens is 3. The summed E-state index contributed by atoms with van der Waals surface area (Å²) in [6.45, 7) is 14.5. The van der Waals surface area contributed by atoms with E-state index in [1.807, 2.05) is 6.20 Å². The molecular weight excluding hydrogens is 210 g/mol. The molecule has 0 aliphatic heterocycles. The molecule has 0 saturated heterocycles. The van der Waals surface area contributed by atoms with Crippen LogP contribution in [0, 0.1) is 10.8 Å². The number of aryl methyl sites for hydroxylation is 1. The SMILES string of the molecule is CC(C)(C)CCCc1cnnn1CC(C)(C)C. The van der Waals surface area contributed by atoms with E-state index in [2.05, 4.69) is 56.5 Å². The Labute approximate surface area is 106 Å². The molecule has 0 bridgehead atoms. The molecule has 17 heavy (non-hydrogen) atoms. The Morgan fingerprint density at radius 1 is 1.06 bits per heavy atom. The molecule has 1 aromatic heterocycles. The smallest absolute Gasteiger partial charge is 0.0725 e. The zero-order valence-corrected chi connectivity index (χ0v) is 12.2. The maximum Gasteiger partial charge on any atom is 0.0725 e. The molecule has 0 atom stereocenters. The second-order valence-electron chi connectivity index (χ2n) is 7.36. The van der Waals surface area contributed by atoms with Gasteiger partial charge in [-0.1, -0.05) is 46.8 Å². The van der Waals surface area contributed by atoms with Gasteiger partial charge in [0.05, 0.1) is 11.9 Å². The Bertz CT molecular complexity index is 339. The summed E-state index contributed by atoms with van der Waals surface area (Å²) in [6, 6.07) is 0. The Hall–Kier alpha value is -0.860. The largest absolute Gasteiger partial charge is 0.249 e. The van der Waals surface area contributed by atoms with Gasteiger partial charge in [-0.2, -0.15) is 0 Å². The lowest BCUT2D eigenvalue weighted by atomic mass is 9.89. The molecule has 0 amide bonds. The van der Waals surface area contributed by atoms with Crippen molar-refractivity contribution in [3.05, 3.63) is 11.9 Å². The average molecular weight is 237 g/mol. The van der Waals surface area contributed by atoms with E-state index in [9.17, 15) is 0 Å². The van der Waals surface area contributed by atoms with Crippen molar-refractivity contribution in [2.24, 2.45) is 10.8 Å². The van der Waals surface area contributed by atoms with Gasteiger partial charge >= 0.3 is 0 Å². The van der Waals surface area contributed by atoms with Gasteiger partial charge in [-0.3, -0.25) is 0 Å². The lowest BCUT2D eigenvalue weighted by Gasteiger charge is -2.20. The van der Waals surface area contributed by atoms with Gasteiger partial charge < -0.3 is 0 Å². The van der Waals surface area contributed by atoms with E-state index in [1.165, 1.54) is 18.5 Å². The molecule has 3 nitrogen and oxygen atoms in total. The molecule has 1 rings (SSSR count). The van der Waals surface area contributed by atoms with Crippen LogP contribution >= 0.6 is 0 Å². The standard InChI is InChI=1S/C14H27N3/c1-13(2,3)9-7-8-12-10-15-16-17(12)11-14(4,5)6/h10H,7-9,11H2,1-6H3. The molecule has 0 aliphatic rings. The second kappa shape index (κ2) is 5.19. The summed E-state index contributed by atoms with van der Waals surface area (Å²) < 4.78 is 2.06. The predicted molar refractivity (Wildman–Crippen MR) is 71.9 cm³/mol. The van der Waals surface area contributed by atoms with Crippen molar-refractivity contribution < 1.29 is 0 Å². The van der Waals surface area contributed by atoms with Gasteiger partial charge in [0.15, 0.2) is 0 Å². The highest BCUT2D eigenvalue weighted by Gasteiger charge is 2.15. The van der Waals surface area contributed by atoms with E-state index in [-0.39, 0.29) is 5.41 Å². The first-order chi connectivity index (χ1) is 7.67. The third-order valence-electron chi connectivity index (χ3n) is 2.68. The first kappa shape index (κ1) is 14.2. The molecular formula is C14H27N3. The maximum atomic E-state index is 4.18. The molecule has 0 saturated carbocycles. The zero-order valence-electron chi connectivity index (χ0n) is 12.2. The van der Waals surface area contributed by atoms with Crippen LogP contribution in [-0.2, 0) is 13.0 Å². The molecule has 3 heteroatoms. The number of nitrogens with zero attached hydrogens (tertiary/aromatic N) is 3. The van der Waals surface area contributed by atoms with Crippen molar-refractivity contribution in [1.29, 1.82) is 0 Å². The van der Waals surface area contributed by atoms with Crippen LogP contribution in [0.15, 0.2) is 6.20 Å². The minimum atomic E-state index is 0.256. The van der Waals surface area contributed by atoms with Crippen molar-refractivity contribution in [2.75, 3.05) is 0 Å². The fraction of sp³-hybridized carbons (Fsp3) is 0.857. The van der Waals surface area contributed by atoms with Gasteiger partial charge in [0.1, 0.15) is 0 Å². The van der Waals surface area contributed by atoms with Crippen molar-refractivity contribution in [1.82, 2.24) is 15.0 Å². The minimum absolute atomic E-state index is 0.256. The van der Waals surface area contributed by atoms with E-state index >= 15 is 0 Å². The first-order valence-corrected chi connectivity index (χ1v) is 6.55. The Morgan fingerprint density at radius 2 is 1.71 bits per heavy atom. The fourth-order valence-corrected chi connectivity index (χ4v) is 1.85. The quantitative estimate of drug-likeness (QED) is 0.799. The Balaban J connectivity index is 2.52. The van der Waals surface area contributed by atoms with E-state index in [0.29, 0.717) is 5.41 Å². The van der Waals surface area contributed by atoms with Crippen LogP contribution in [0.25, 0.3) is 0 Å². The molecule has 1 aromatic rings. The summed E-state index contributed by atoms with van der Waals surface area (Å²) in [7, 11) is 0. The third kappa shape index (κ3) is 5.85. The number of rotatable bonds is 4. The van der Waals surface area contributed by atoms with Crippen LogP contribution in [0.4, 0.5) is 0 Å². The summed E-state index contributed by atoms with van der Waals surface area (Å²) in [6.07, 6.45) is 5.45. The molecule has 0 fully saturated rings. The molecule has 98 valence electrons. The van der Waals surface area contributed by atoms with Crippen LogP contribution in [-0.4, -0.2) is 15.0 Å². The summed E-state index contributed by atoms with van der Waals surface area (Å²) in [5.41, 5.74) is 1.94. The van der Waals surface area contributed by atoms with E-state index in [0.717, 1.165) is 13.0 Å². The lowest BCUT2D eigenvalue weighted by Crippen LogP contribution is -2.18. The van der Waals surface area contributed by atoms with Crippen LogP contribution in [0.1, 0.15) is 60.1 Å². The highest BCUT2D eigenvalue weighted by molar-refractivity contribution is 4.95. The van der Waals surface area contributed by atoms with Gasteiger partial charge in [0, 0.05) is 6.54 Å². The average Bonchev–Trinajstić information content (AvgIpc) is 2.47. The van der Waals surface area contributed by atoms with E-state index < -0.39 is 0 Å². The Morgan fingerprint density at radius 3 is 2.24 bits per heavy atom. The van der Waals surface area contributed by atoms with Crippen molar-refractivity contribution in [2.45, 2.75) is 67.3 Å². The van der Waals surface area contributed by atoms with Crippen LogP contribution in [0.5, 0.6) is 0 Å². The maximum absolute atomic E-state index is 4.18. The minimum Gasteiger partial charge on any atom is -0.249 e. The summed E-state index contributed by atoms with van der Waals surface area (Å²) in [4.78, 5) is 0. The third-order valence-corrected chi connectivity index (χ3v) is 2.68. The molecule has 0 aromatic carbocycles. The van der Waals surface area contributed by atoms with Gasteiger partial charge in [0.2, 0.25) is 0 Å². The van der Waals surface area contributed by atoms with E-state index in [4.69, 9.17) is 0 Å². The number of hydrogen-bond donors (Lipinski definition) is 0.